The van der Waals surface area contributed by atoms with Gasteiger partial charge in [0.25, 0.3) is 0 Å². The third kappa shape index (κ3) is 2.26. The molecule has 2 nitrogen and oxygen atoms in total. The summed E-state index contributed by atoms with van der Waals surface area (Å²) in [6, 6.07) is 10.9. The van der Waals surface area contributed by atoms with Gasteiger partial charge in [-0.1, -0.05) is 18.2 Å². The highest BCUT2D eigenvalue weighted by atomic mass is 32.2. The van der Waals surface area contributed by atoms with Gasteiger partial charge in [-0.3, -0.25) is 0 Å². The van der Waals surface area contributed by atoms with E-state index in [1.807, 2.05) is 24.3 Å². The van der Waals surface area contributed by atoms with Gasteiger partial charge < -0.3 is 4.55 Å². The Hall–Kier alpha value is -0.980. The third-order valence-corrected chi connectivity index (χ3v) is 2.39. The van der Waals surface area contributed by atoms with Crippen molar-refractivity contribution < 1.29 is 4.55 Å². The fourth-order valence-electron chi connectivity index (χ4n) is 0.714. The quantitative estimate of drug-likeness (QED) is 0.620. The molecule has 0 radical (unpaired) electrons. The number of nitriles is 1. The van der Waals surface area contributed by atoms with Crippen LogP contribution < -0.4 is 0 Å². The lowest BCUT2D eigenvalue weighted by Crippen LogP contribution is -2.04. The van der Waals surface area contributed by atoms with Gasteiger partial charge in [0.05, 0.1) is 0 Å². The van der Waals surface area contributed by atoms with Crippen LogP contribution in [0, 0.1) is 11.3 Å². The van der Waals surface area contributed by atoms with Gasteiger partial charge in [0.15, 0.2) is 10.6 Å². The highest BCUT2D eigenvalue weighted by Gasteiger charge is 2.07. The van der Waals surface area contributed by atoms with Gasteiger partial charge in [-0.05, 0) is 23.3 Å². The Balaban J connectivity index is 2.70. The van der Waals surface area contributed by atoms with Crippen molar-refractivity contribution in [2.45, 2.75) is 4.90 Å². The maximum atomic E-state index is 11.1. The highest BCUT2D eigenvalue weighted by molar-refractivity contribution is 7.91. The average molecular weight is 165 g/mol. The number of hydrogen-bond acceptors (Lipinski definition) is 2. The zero-order valence-corrected chi connectivity index (χ0v) is 6.67. The van der Waals surface area contributed by atoms with Crippen molar-refractivity contribution in [3.8, 4) is 6.07 Å². The SMILES string of the molecule is N#CC[S+]([O-])c1ccccc1. The molecule has 1 atom stereocenters. The van der Waals surface area contributed by atoms with Gasteiger partial charge in [0.2, 0.25) is 0 Å². The van der Waals surface area contributed by atoms with Crippen molar-refractivity contribution in [2.24, 2.45) is 0 Å². The van der Waals surface area contributed by atoms with Crippen LogP contribution in [-0.2, 0) is 11.2 Å². The minimum atomic E-state index is -1.14. The summed E-state index contributed by atoms with van der Waals surface area (Å²) in [4.78, 5) is 0.717. The van der Waals surface area contributed by atoms with Crippen molar-refractivity contribution in [1.82, 2.24) is 0 Å². The maximum Gasteiger partial charge on any atom is 0.196 e. The Kier molecular flexibility index (Phi) is 2.96. The lowest BCUT2D eigenvalue weighted by molar-refractivity contribution is 0.598. The van der Waals surface area contributed by atoms with E-state index in [4.69, 9.17) is 5.26 Å². The van der Waals surface area contributed by atoms with E-state index in [0.29, 0.717) is 4.90 Å². The van der Waals surface area contributed by atoms with E-state index in [1.54, 1.807) is 12.1 Å². The summed E-state index contributed by atoms with van der Waals surface area (Å²) < 4.78 is 11.1. The highest BCUT2D eigenvalue weighted by Crippen LogP contribution is 2.08. The molecule has 0 aliphatic carbocycles. The second-order valence-corrected chi connectivity index (χ2v) is 3.41. The molecule has 0 spiro atoms. The molecule has 0 fully saturated rings. The van der Waals surface area contributed by atoms with E-state index in [0.717, 1.165) is 0 Å². The molecule has 11 heavy (non-hydrogen) atoms. The molecule has 1 unspecified atom stereocenters. The summed E-state index contributed by atoms with van der Waals surface area (Å²) in [5, 5.41) is 8.25. The number of hydrogen-bond donors (Lipinski definition) is 0. The molecule has 0 amide bonds. The predicted molar refractivity (Wildman–Crippen MR) is 43.3 cm³/mol. The Morgan fingerprint density at radius 2 is 2.00 bits per heavy atom. The van der Waals surface area contributed by atoms with E-state index < -0.39 is 11.2 Å². The predicted octanol–water partition coefficient (Wildman–Crippen LogP) is 1.32. The Bertz CT molecular complexity index is 255. The Morgan fingerprint density at radius 3 is 2.55 bits per heavy atom. The molecule has 1 rings (SSSR count). The molecular formula is C8H7NOS. The molecule has 0 bridgehead atoms. The van der Waals surface area contributed by atoms with Crippen LogP contribution in [-0.4, -0.2) is 10.3 Å². The van der Waals surface area contributed by atoms with E-state index in [-0.39, 0.29) is 5.75 Å². The standard InChI is InChI=1S/C8H7NOS/c9-6-7-11(10)8-4-2-1-3-5-8/h1-5H,7H2. The zero-order valence-electron chi connectivity index (χ0n) is 5.86. The Morgan fingerprint density at radius 1 is 1.36 bits per heavy atom. The first-order valence-corrected chi connectivity index (χ1v) is 4.47. The lowest BCUT2D eigenvalue weighted by atomic mass is 10.4. The first kappa shape index (κ1) is 8.12. The molecule has 56 valence electrons. The number of benzene rings is 1. The number of nitrogens with zero attached hydrogens (tertiary/aromatic N) is 1. The summed E-state index contributed by atoms with van der Waals surface area (Å²) >= 11 is -1.14. The van der Waals surface area contributed by atoms with Crippen molar-refractivity contribution in [1.29, 1.82) is 5.26 Å². The summed E-state index contributed by atoms with van der Waals surface area (Å²) in [6.07, 6.45) is 0. The molecule has 0 saturated carbocycles. The smallest absolute Gasteiger partial charge is 0.196 e. The summed E-state index contributed by atoms with van der Waals surface area (Å²) in [5.74, 6) is 0.0734. The molecular weight excluding hydrogens is 158 g/mol. The normalized spacial score (nSPS) is 12.0. The van der Waals surface area contributed by atoms with Crippen molar-refractivity contribution in [2.75, 3.05) is 5.75 Å². The van der Waals surface area contributed by atoms with Crippen LogP contribution in [0.5, 0.6) is 0 Å². The summed E-state index contributed by atoms with van der Waals surface area (Å²) in [5.41, 5.74) is 0. The second kappa shape index (κ2) is 4.02. The number of rotatable bonds is 2. The molecule has 0 saturated heterocycles. The minimum absolute atomic E-state index is 0.0734. The van der Waals surface area contributed by atoms with Gasteiger partial charge in [0.1, 0.15) is 6.07 Å². The summed E-state index contributed by atoms with van der Waals surface area (Å²) in [6.45, 7) is 0. The van der Waals surface area contributed by atoms with Gasteiger partial charge >= 0.3 is 0 Å². The molecule has 0 aromatic heterocycles. The zero-order chi connectivity index (χ0) is 8.10. The molecule has 0 N–H and O–H groups in total. The van der Waals surface area contributed by atoms with Crippen LogP contribution in [0.25, 0.3) is 0 Å². The molecule has 0 aliphatic rings. The largest absolute Gasteiger partial charge is 0.611 e. The average Bonchev–Trinajstić information content (AvgIpc) is 2.07. The van der Waals surface area contributed by atoms with Gasteiger partial charge in [-0.25, -0.2) is 0 Å². The molecule has 1 aromatic rings. The Labute approximate surface area is 68.6 Å². The van der Waals surface area contributed by atoms with E-state index in [9.17, 15) is 4.55 Å². The van der Waals surface area contributed by atoms with Crippen LogP contribution in [0.4, 0.5) is 0 Å². The summed E-state index contributed by atoms with van der Waals surface area (Å²) in [7, 11) is 0. The van der Waals surface area contributed by atoms with Crippen LogP contribution in [0.1, 0.15) is 0 Å². The second-order valence-electron chi connectivity index (χ2n) is 1.96. The molecule has 3 heteroatoms. The van der Waals surface area contributed by atoms with Crippen LogP contribution in [0.2, 0.25) is 0 Å². The van der Waals surface area contributed by atoms with Crippen molar-refractivity contribution in [3.05, 3.63) is 30.3 Å². The topological polar surface area (TPSA) is 46.8 Å². The van der Waals surface area contributed by atoms with Gasteiger partial charge in [0, 0.05) is 0 Å². The van der Waals surface area contributed by atoms with Crippen LogP contribution in [0.3, 0.4) is 0 Å². The molecule has 0 heterocycles. The fraction of sp³-hybridized carbons (Fsp3) is 0.125. The van der Waals surface area contributed by atoms with E-state index in [2.05, 4.69) is 0 Å². The van der Waals surface area contributed by atoms with E-state index in [1.165, 1.54) is 0 Å². The third-order valence-electron chi connectivity index (χ3n) is 1.20. The van der Waals surface area contributed by atoms with Crippen LogP contribution >= 0.6 is 0 Å². The van der Waals surface area contributed by atoms with Gasteiger partial charge in [-0.15, -0.1) is 0 Å². The molecule has 0 aliphatic heterocycles. The van der Waals surface area contributed by atoms with Crippen molar-refractivity contribution in [3.63, 3.8) is 0 Å². The molecule has 1 aromatic carbocycles. The fourth-order valence-corrected chi connectivity index (χ4v) is 1.46. The first-order chi connectivity index (χ1) is 5.34. The van der Waals surface area contributed by atoms with Gasteiger partial charge in [-0.2, -0.15) is 5.26 Å². The maximum absolute atomic E-state index is 11.1. The monoisotopic (exact) mass is 165 g/mol. The minimum Gasteiger partial charge on any atom is -0.611 e. The van der Waals surface area contributed by atoms with Crippen molar-refractivity contribution >= 4 is 11.2 Å². The first-order valence-electron chi connectivity index (χ1n) is 3.15. The lowest BCUT2D eigenvalue weighted by Gasteiger charge is -2.04. The van der Waals surface area contributed by atoms with E-state index >= 15 is 0 Å². The van der Waals surface area contributed by atoms with Crippen LogP contribution in [0.15, 0.2) is 35.2 Å².